The number of thiol groups is 1. The van der Waals surface area contributed by atoms with E-state index >= 15 is 17.6 Å². The number of rotatable bonds is 27. The Morgan fingerprint density at radius 2 is 0.748 bits per heavy atom. The number of carbonyl (C=O) groups excluding carboxylic acids is 7. The van der Waals surface area contributed by atoms with Crippen LogP contribution in [0.5, 0.6) is 24.0 Å². The van der Waals surface area contributed by atoms with Gasteiger partial charge in [-0.3, -0.25) is 51.8 Å². The number of aromatic carboxylic acids is 1. The number of fused-ring (bicyclic) bond motifs is 7. The number of benzene rings is 8. The molecule has 6 aliphatic heterocycles. The SMILES string of the molecule is CCOc1nc(CC)c2n1Cc1ccc(cc1F)-c1ccccc1C(=O)S[C@@H](CC(C)C)C(=O)NC2.CCOc1nc(CC)c2n1Cc1ccc(cc1F)-c1ccccc1C(=O)S[C@@H](CC(C)C)C(=O)NCc1c(CC)nc(OCC)n1Cc1ccc(cc1F)-c1ccccc1C(=O)S[C@@H](CC(C)C)C(=O)NC2.CCOc1ncc(CCC(=O)[C@@H](S)CC(C)C)n1Cc1ccc(-c2ccccc2C(=O)O)cc1F. The average Bonchev–Trinajstić information content (AvgIpc) is 1.75. The summed E-state index contributed by atoms with van der Waals surface area (Å²) in [4.78, 5) is 126. The van der Waals surface area contributed by atoms with E-state index in [-0.39, 0.29) is 131 Å². The van der Waals surface area contributed by atoms with Crippen LogP contribution in [-0.4, -0.2) is 136 Å². The van der Waals surface area contributed by atoms with Crippen LogP contribution in [-0.2, 0) is 90.7 Å². The minimum atomic E-state index is -1.07. The Morgan fingerprint density at radius 1 is 0.427 bits per heavy atom. The van der Waals surface area contributed by atoms with Crippen LogP contribution in [0.1, 0.15) is 240 Å². The fourth-order valence-corrected chi connectivity index (χ4v) is 21.5. The molecule has 10 heterocycles. The first-order valence-electron chi connectivity index (χ1n) is 48.9. The summed E-state index contributed by atoms with van der Waals surface area (Å²) in [6.07, 6.45) is 6.11. The third kappa shape index (κ3) is 27.9. The van der Waals surface area contributed by atoms with Gasteiger partial charge in [0.15, 0.2) is 0 Å². The molecule has 12 aromatic rings. The summed E-state index contributed by atoms with van der Waals surface area (Å²) in [5, 5.41) is 15.3. The largest absolute Gasteiger partial charge is 0.478 e. The van der Waals surface area contributed by atoms with E-state index in [0.29, 0.717) is 208 Å². The zero-order chi connectivity index (χ0) is 103. The van der Waals surface area contributed by atoms with E-state index in [9.17, 15) is 43.5 Å². The van der Waals surface area contributed by atoms with Gasteiger partial charge in [-0.1, -0.05) is 233 Å². The average molecular weight is 2030 g/mol. The maximum Gasteiger partial charge on any atom is 0.336 e. The minimum absolute atomic E-state index is 0.0244. The van der Waals surface area contributed by atoms with Gasteiger partial charge < -0.3 is 40.0 Å². The molecular formula is C111H127F4N11O13S4. The second-order valence-electron chi connectivity index (χ2n) is 36.6. The van der Waals surface area contributed by atoms with Crippen molar-refractivity contribution >= 4 is 92.7 Å². The Labute approximate surface area is 852 Å². The number of hydrogen-bond donors (Lipinski definition) is 5. The number of hydrogen-bond acceptors (Lipinski definition) is 20. The van der Waals surface area contributed by atoms with Gasteiger partial charge in [-0.25, -0.2) is 27.3 Å². The smallest absolute Gasteiger partial charge is 0.336 e. The van der Waals surface area contributed by atoms with E-state index in [2.05, 4.69) is 52.4 Å². The lowest BCUT2D eigenvalue weighted by Gasteiger charge is -2.20. The van der Waals surface area contributed by atoms with Gasteiger partial charge in [0.1, 0.15) is 29.1 Å². The number of carbonyl (C=O) groups is 8. The third-order valence-electron chi connectivity index (χ3n) is 24.4. The van der Waals surface area contributed by atoms with Gasteiger partial charge in [-0.05, 0) is 196 Å². The van der Waals surface area contributed by atoms with Gasteiger partial charge in [0.25, 0.3) is 24.0 Å². The molecule has 0 spiro atoms. The second-order valence-corrected chi connectivity index (χ2v) is 40.7. The molecule has 4 N–H and O–H groups in total. The molecule has 4 atom stereocenters. The normalized spacial score (nSPS) is 15.2. The first kappa shape index (κ1) is 109. The van der Waals surface area contributed by atoms with Gasteiger partial charge in [-0.2, -0.15) is 27.6 Å². The number of halogens is 4. The van der Waals surface area contributed by atoms with E-state index in [1.807, 2.05) is 113 Å². The van der Waals surface area contributed by atoms with E-state index < -0.39 is 39.2 Å². The molecular weight excluding hydrogens is 1900 g/mol. The Hall–Kier alpha value is -12.5. The predicted molar refractivity (Wildman–Crippen MR) is 559 cm³/mol. The number of nitrogens with zero attached hydrogens (tertiary/aromatic N) is 8. The van der Waals surface area contributed by atoms with Crippen LogP contribution in [0.3, 0.4) is 0 Å². The Morgan fingerprint density at radius 3 is 1.07 bits per heavy atom. The molecule has 0 radical (unpaired) electrons. The molecule has 0 unspecified atom stereocenters. The summed E-state index contributed by atoms with van der Waals surface area (Å²) in [7, 11) is 0. The summed E-state index contributed by atoms with van der Waals surface area (Å²) in [5.74, 6) is -3.07. The Balaban J connectivity index is 0.000000214. The van der Waals surface area contributed by atoms with Crippen molar-refractivity contribution in [2.24, 2.45) is 23.7 Å². The number of aromatic nitrogens is 8. The minimum Gasteiger partial charge on any atom is -0.478 e. The molecule has 4 aromatic heterocycles. The fraction of sp³-hybridized carbons (Fsp3) is 0.387. The van der Waals surface area contributed by atoms with Crippen molar-refractivity contribution in [3.05, 3.63) is 284 Å². The zero-order valence-corrected chi connectivity index (χ0v) is 87.0. The molecule has 18 rings (SSSR count). The second kappa shape index (κ2) is 51.6. The van der Waals surface area contributed by atoms with Crippen LogP contribution >= 0.6 is 47.9 Å². The van der Waals surface area contributed by atoms with Crippen molar-refractivity contribution in [1.29, 1.82) is 0 Å². The van der Waals surface area contributed by atoms with Crippen LogP contribution < -0.4 is 34.9 Å². The van der Waals surface area contributed by atoms with Crippen molar-refractivity contribution in [1.82, 2.24) is 54.2 Å². The monoisotopic (exact) mass is 2030 g/mol. The number of nitrogens with one attached hydrogen (secondary N) is 3. The maximum absolute atomic E-state index is 16.5. The fourth-order valence-electron chi connectivity index (χ4n) is 17.2. The topological polar surface area (TPSA) is 301 Å². The number of imidazole rings is 4. The molecule has 24 nitrogen and oxygen atoms in total. The molecule has 3 amide bonds. The van der Waals surface area contributed by atoms with Gasteiger partial charge in [0, 0.05) is 51.1 Å². The summed E-state index contributed by atoms with van der Waals surface area (Å²) in [5.41, 5.74) is 11.8. The lowest BCUT2D eigenvalue weighted by Crippen LogP contribution is -2.35. The molecule has 0 fully saturated rings. The Kier molecular flexibility index (Phi) is 39.5. The number of Topliss-reactive ketones (excluding diaryl/α,β-unsaturated/α-hetero) is 1. The molecule has 0 saturated carbocycles. The van der Waals surface area contributed by atoms with Gasteiger partial charge >= 0.3 is 5.97 Å². The van der Waals surface area contributed by atoms with Crippen LogP contribution in [0.4, 0.5) is 17.6 Å². The van der Waals surface area contributed by atoms with E-state index in [1.54, 1.807) is 141 Å². The van der Waals surface area contributed by atoms with Crippen molar-refractivity contribution in [3.63, 3.8) is 0 Å². The lowest BCUT2D eigenvalue weighted by molar-refractivity contribution is -0.121. The number of amides is 3. The molecule has 143 heavy (non-hydrogen) atoms. The third-order valence-corrected chi connectivity index (χ3v) is 28.3. The van der Waals surface area contributed by atoms with Gasteiger partial charge in [0.2, 0.25) is 33.1 Å². The molecule has 756 valence electrons. The van der Waals surface area contributed by atoms with Crippen LogP contribution in [0.2, 0.25) is 0 Å². The Bertz CT molecular complexity index is 6350. The maximum atomic E-state index is 16.5. The molecule has 32 heteroatoms. The lowest BCUT2D eigenvalue weighted by atomic mass is 9.98. The number of thioether (sulfide) groups is 3. The highest BCUT2D eigenvalue weighted by Gasteiger charge is 2.34. The summed E-state index contributed by atoms with van der Waals surface area (Å²) in [6.45, 7) is 31.5. The number of carboxylic acids is 1. The zero-order valence-electron chi connectivity index (χ0n) is 83.6. The number of carboxylic acid groups (broad SMARTS) is 1. The van der Waals surface area contributed by atoms with E-state index in [0.717, 1.165) is 52.4 Å². The van der Waals surface area contributed by atoms with Crippen molar-refractivity contribution in [3.8, 4) is 68.5 Å². The number of aryl methyl sites for hydroxylation is 4. The van der Waals surface area contributed by atoms with Crippen LogP contribution in [0.15, 0.2) is 176 Å². The first-order chi connectivity index (χ1) is 68.7. The number of ether oxygens (including phenoxy) is 4. The van der Waals surface area contributed by atoms with Crippen molar-refractivity contribution in [2.45, 2.75) is 228 Å². The van der Waals surface area contributed by atoms with Crippen molar-refractivity contribution < 1.29 is 80.0 Å². The summed E-state index contributed by atoms with van der Waals surface area (Å²) >= 11 is 7.34. The predicted octanol–water partition coefficient (Wildman–Crippen LogP) is 22.5. The van der Waals surface area contributed by atoms with E-state index in [4.69, 9.17) is 28.9 Å². The van der Waals surface area contributed by atoms with Crippen LogP contribution in [0, 0.1) is 46.9 Å². The van der Waals surface area contributed by atoms with E-state index in [1.165, 1.54) is 30.3 Å². The highest BCUT2D eigenvalue weighted by molar-refractivity contribution is 8.15. The molecule has 6 aliphatic rings. The van der Waals surface area contributed by atoms with Crippen LogP contribution in [0.25, 0.3) is 44.5 Å². The standard InChI is InChI=1S/C56H64F2N6O6S2.C28H32FN3O3S.C27H31FN2O4S/c1-9-45-47-29-59-51(65)49(25-33(5)6)71-53(67)41-19-15-14-18-40(41)36-22-24-38(44(58)28-36)32-64-48(46(10-2)62-56(64)70-12-4)30-60-52(66)50(26-34(7)8)72-54(68)42-20-16-13-17-39(42)35-21-23-37(43(57)27-35)31-63(47)55(61-45)69-11-3;1-5-23-24-15-30-26(33)25(13-17(3)4)36-27(34)21-10-8-7-9-20(21)18-11-12-19(22(29)14-18)16-32(24)28(31-23)35-6-2;1-4-34-27-29-15-20(11-12-24(31)25(35)13-17(2)3)30(27)16-19-10-9-18(14-23(19)28)21-7-5-6-8-22(21)26(32)33/h13-24,27-28,33-34,49-50H,9-12,25-26,29-32H2,1-8H3,(H,59,65)(H,60,66);7-12,14,17,25H,5-6,13,15-16H2,1-4H3,(H,30,33);5-10,14-15,17,25,35H,4,11-13,16H2,1-3H3,(H,32,33)/t49-,50-;2*25-/m000/s1. The first-order valence-corrected chi connectivity index (χ1v) is 52.0. The molecule has 0 saturated heterocycles. The van der Waals surface area contributed by atoms with Gasteiger partial charge in [-0.15, -0.1) is 0 Å². The van der Waals surface area contributed by atoms with Gasteiger partial charge in [0.05, 0.1) is 139 Å². The highest BCUT2D eigenvalue weighted by atomic mass is 32.2. The molecule has 0 aliphatic carbocycles. The summed E-state index contributed by atoms with van der Waals surface area (Å²) < 4.78 is 94.1. The number of ketones is 1. The molecule has 8 aromatic carbocycles. The highest BCUT2D eigenvalue weighted by Crippen LogP contribution is 2.40. The molecule has 6 bridgehead atoms. The summed E-state index contributed by atoms with van der Waals surface area (Å²) in [6, 6.07) is 48.3. The van der Waals surface area contributed by atoms with Crippen molar-refractivity contribution in [2.75, 3.05) is 26.4 Å². The quantitative estimate of drug-likeness (QED) is 0.0236.